The van der Waals surface area contributed by atoms with Crippen LogP contribution in [0, 0.1) is 0 Å². The second-order valence-corrected chi connectivity index (χ2v) is 9.23. The van der Waals surface area contributed by atoms with E-state index in [1.165, 1.54) is 10.9 Å². The van der Waals surface area contributed by atoms with Crippen molar-refractivity contribution in [2.75, 3.05) is 5.73 Å². The fourth-order valence-corrected chi connectivity index (χ4v) is 5.07. The molecule has 1 atom stereocenters. The lowest BCUT2D eigenvalue weighted by Gasteiger charge is -2.12. The number of fused-ring (bicyclic) bond motifs is 5. The largest absolute Gasteiger partial charge is 0.384 e. The maximum atomic E-state index is 13.4. The first-order valence-corrected chi connectivity index (χ1v) is 12.4. The molecule has 6 rings (SSSR count). The molecule has 3 N–H and O–H groups in total. The fourth-order valence-electron chi connectivity index (χ4n) is 5.07. The Hall–Kier alpha value is -4.39. The Labute approximate surface area is 208 Å². The molecular weight excluding hydrogens is 448 g/mol. The van der Waals surface area contributed by atoms with Crippen LogP contribution in [0.15, 0.2) is 66.7 Å². The number of anilines is 1. The summed E-state index contributed by atoms with van der Waals surface area (Å²) in [6.45, 7) is 7.04. The molecule has 7 heteroatoms. The van der Waals surface area contributed by atoms with Crippen LogP contribution in [0.2, 0.25) is 0 Å². The number of aromatic nitrogens is 4. The zero-order valence-electron chi connectivity index (χ0n) is 20.6. The second kappa shape index (κ2) is 8.37. The highest BCUT2D eigenvalue weighted by atomic mass is 16.1. The molecule has 0 spiro atoms. The maximum Gasteiger partial charge on any atom is 0.257 e. The number of nitrogens with zero attached hydrogens (tertiary/aromatic N) is 4. The molecule has 36 heavy (non-hydrogen) atoms. The lowest BCUT2D eigenvalue weighted by Crippen LogP contribution is -2.32. The van der Waals surface area contributed by atoms with Crippen molar-refractivity contribution in [3.63, 3.8) is 0 Å². The molecule has 0 fully saturated rings. The van der Waals surface area contributed by atoms with Gasteiger partial charge in [-0.2, -0.15) is 0 Å². The lowest BCUT2D eigenvalue weighted by molar-refractivity contribution is 0.0941. The number of para-hydroxylation sites is 3. The van der Waals surface area contributed by atoms with E-state index in [0.29, 0.717) is 22.5 Å². The third-order valence-corrected chi connectivity index (χ3v) is 7.05. The van der Waals surface area contributed by atoms with E-state index < -0.39 is 0 Å². The van der Waals surface area contributed by atoms with Crippen LogP contribution < -0.4 is 11.1 Å². The van der Waals surface area contributed by atoms with Crippen LogP contribution >= 0.6 is 0 Å². The molecule has 6 aromatic rings. The number of rotatable bonds is 5. The Morgan fingerprint density at radius 2 is 1.64 bits per heavy atom. The Bertz CT molecular complexity index is 1790. The molecule has 0 aliphatic rings. The zero-order valence-corrected chi connectivity index (χ0v) is 20.6. The molecule has 0 aliphatic heterocycles. The van der Waals surface area contributed by atoms with Crippen LogP contribution in [0.1, 0.15) is 37.6 Å². The molecule has 1 amide bonds. The number of amides is 1. The minimum absolute atomic E-state index is 0.0141. The molecule has 0 aliphatic carbocycles. The summed E-state index contributed by atoms with van der Waals surface area (Å²) < 4.78 is 4.17. The van der Waals surface area contributed by atoms with E-state index in [0.717, 1.165) is 40.6 Å². The van der Waals surface area contributed by atoms with Crippen LogP contribution in [0.4, 0.5) is 5.82 Å². The highest BCUT2D eigenvalue weighted by Crippen LogP contribution is 2.35. The zero-order chi connectivity index (χ0) is 25.0. The minimum atomic E-state index is -0.237. The molecular formula is C29H28N6O. The number of nitrogens with one attached hydrogen (secondary N) is 1. The van der Waals surface area contributed by atoms with Gasteiger partial charge < -0.3 is 15.6 Å². The molecule has 1 unspecified atom stereocenters. The molecule has 3 heterocycles. The first-order valence-electron chi connectivity index (χ1n) is 12.4. The predicted molar refractivity (Wildman–Crippen MR) is 147 cm³/mol. The first-order chi connectivity index (χ1) is 17.5. The van der Waals surface area contributed by atoms with E-state index in [-0.39, 0.29) is 11.9 Å². The third kappa shape index (κ3) is 3.23. The van der Waals surface area contributed by atoms with E-state index in [1.54, 1.807) is 0 Å². The number of nitrogen functional groups attached to an aromatic ring is 1. The fraction of sp³-hybridized carbons (Fsp3) is 0.207. The van der Waals surface area contributed by atoms with Gasteiger partial charge in [-0.15, -0.1) is 0 Å². The van der Waals surface area contributed by atoms with Crippen LogP contribution in [0.5, 0.6) is 0 Å². The number of hydrogen-bond acceptors (Lipinski definition) is 4. The van der Waals surface area contributed by atoms with Gasteiger partial charge in [0, 0.05) is 40.1 Å². The summed E-state index contributed by atoms with van der Waals surface area (Å²) in [5.74, 6) is 0.0959. The van der Waals surface area contributed by atoms with Crippen molar-refractivity contribution in [3.8, 4) is 5.69 Å². The van der Waals surface area contributed by atoms with E-state index in [2.05, 4.69) is 53.2 Å². The SMILES string of the molecule is CCC(C)NC(=O)c1c(N)n(-c2ccc3c(c2)c2ccccc2n3CC)c2nc3ccccc3nc12. The number of hydrogen-bond donors (Lipinski definition) is 2. The number of carbonyl (C=O) groups excluding carboxylic acids is 1. The summed E-state index contributed by atoms with van der Waals surface area (Å²) in [7, 11) is 0. The van der Waals surface area contributed by atoms with Gasteiger partial charge in [0.15, 0.2) is 5.65 Å². The van der Waals surface area contributed by atoms with Gasteiger partial charge in [-0.05, 0) is 56.7 Å². The van der Waals surface area contributed by atoms with Crippen LogP contribution in [-0.4, -0.2) is 31.1 Å². The summed E-state index contributed by atoms with van der Waals surface area (Å²) in [5.41, 5.74) is 12.8. The number of carbonyl (C=O) groups is 1. The maximum absolute atomic E-state index is 13.4. The number of nitrogens with two attached hydrogens (primary N) is 1. The summed E-state index contributed by atoms with van der Waals surface area (Å²) in [4.78, 5) is 23.1. The number of benzene rings is 3. The topological polar surface area (TPSA) is 90.8 Å². The van der Waals surface area contributed by atoms with Gasteiger partial charge in [0.2, 0.25) is 0 Å². The average Bonchev–Trinajstić information content (AvgIpc) is 3.37. The molecule has 0 radical (unpaired) electrons. The van der Waals surface area contributed by atoms with Crippen LogP contribution in [0.3, 0.4) is 0 Å². The molecule has 180 valence electrons. The van der Waals surface area contributed by atoms with Gasteiger partial charge in [-0.3, -0.25) is 9.36 Å². The first kappa shape index (κ1) is 22.1. The quantitative estimate of drug-likeness (QED) is 0.328. The Morgan fingerprint density at radius 1 is 0.944 bits per heavy atom. The summed E-state index contributed by atoms with van der Waals surface area (Å²) in [6, 6.07) is 22.4. The molecule has 3 aromatic heterocycles. The van der Waals surface area contributed by atoms with Crippen molar-refractivity contribution in [1.29, 1.82) is 0 Å². The van der Waals surface area contributed by atoms with E-state index in [4.69, 9.17) is 15.7 Å². The van der Waals surface area contributed by atoms with E-state index in [9.17, 15) is 4.79 Å². The number of aryl methyl sites for hydroxylation is 1. The highest BCUT2D eigenvalue weighted by Gasteiger charge is 2.26. The van der Waals surface area contributed by atoms with Crippen molar-refractivity contribution in [2.45, 2.75) is 39.8 Å². The smallest absolute Gasteiger partial charge is 0.257 e. The molecule has 0 saturated heterocycles. The molecule has 0 bridgehead atoms. The highest BCUT2D eigenvalue weighted by molar-refractivity contribution is 6.12. The van der Waals surface area contributed by atoms with Gasteiger partial charge in [0.05, 0.1) is 11.0 Å². The normalized spacial score (nSPS) is 12.6. The van der Waals surface area contributed by atoms with Gasteiger partial charge >= 0.3 is 0 Å². The predicted octanol–water partition coefficient (Wildman–Crippen LogP) is 5.81. The van der Waals surface area contributed by atoms with Gasteiger partial charge in [-0.1, -0.05) is 37.3 Å². The van der Waals surface area contributed by atoms with Crippen LogP contribution in [0.25, 0.3) is 49.7 Å². The van der Waals surface area contributed by atoms with Gasteiger partial charge in [-0.25, -0.2) is 9.97 Å². The second-order valence-electron chi connectivity index (χ2n) is 9.23. The van der Waals surface area contributed by atoms with Crippen molar-refractivity contribution >= 4 is 55.7 Å². The van der Waals surface area contributed by atoms with Crippen molar-refractivity contribution < 1.29 is 4.79 Å². The standard InChI is InChI=1S/C29H28N6O/c1-4-17(3)31-29(36)25-26-28(33-22-12-8-7-11-21(22)32-26)35(27(25)30)18-14-15-24-20(16-18)19-10-6-9-13-23(19)34(24)5-2/h6-17H,4-5,30H2,1-3H3,(H,31,36). The average molecular weight is 477 g/mol. The summed E-state index contributed by atoms with van der Waals surface area (Å²) >= 11 is 0. The monoisotopic (exact) mass is 476 g/mol. The Balaban J connectivity index is 1.66. The Kier molecular flexibility index (Phi) is 5.14. The third-order valence-electron chi connectivity index (χ3n) is 7.05. The van der Waals surface area contributed by atoms with E-state index in [1.807, 2.05) is 48.7 Å². The molecule has 0 saturated carbocycles. The summed E-state index contributed by atoms with van der Waals surface area (Å²) in [5, 5.41) is 5.36. The van der Waals surface area contributed by atoms with Crippen molar-refractivity contribution in [3.05, 3.63) is 72.3 Å². The molecule has 3 aromatic carbocycles. The van der Waals surface area contributed by atoms with Gasteiger partial charge in [0.25, 0.3) is 5.91 Å². The summed E-state index contributed by atoms with van der Waals surface area (Å²) in [6.07, 6.45) is 0.817. The minimum Gasteiger partial charge on any atom is -0.384 e. The van der Waals surface area contributed by atoms with Gasteiger partial charge in [0.1, 0.15) is 16.9 Å². The van der Waals surface area contributed by atoms with E-state index >= 15 is 0 Å². The molecule has 7 nitrogen and oxygen atoms in total. The Morgan fingerprint density at radius 3 is 2.39 bits per heavy atom. The van der Waals surface area contributed by atoms with Crippen LogP contribution in [-0.2, 0) is 6.54 Å². The van der Waals surface area contributed by atoms with Crippen molar-refractivity contribution in [1.82, 2.24) is 24.4 Å². The lowest BCUT2D eigenvalue weighted by atomic mass is 10.1. The van der Waals surface area contributed by atoms with Crippen molar-refractivity contribution in [2.24, 2.45) is 0 Å².